The van der Waals surface area contributed by atoms with Gasteiger partial charge in [0.25, 0.3) is 0 Å². The molecule has 0 saturated carbocycles. The standard InChI is InChI=1S/C15H22ClNO2S/c1-4-17(11-15(2,3)19)14(18)10-20-9-12-5-7-13(16)8-6-12/h5-8,19H,4,9-11H2,1-3H3. The van der Waals surface area contributed by atoms with Crippen LogP contribution in [0.15, 0.2) is 24.3 Å². The number of hydrogen-bond acceptors (Lipinski definition) is 3. The number of nitrogens with zero attached hydrogens (tertiary/aromatic N) is 1. The number of aliphatic hydroxyl groups is 1. The summed E-state index contributed by atoms with van der Waals surface area (Å²) in [7, 11) is 0. The summed E-state index contributed by atoms with van der Waals surface area (Å²) in [6.45, 7) is 6.33. The second kappa shape index (κ2) is 7.91. The van der Waals surface area contributed by atoms with Crippen LogP contribution in [0.5, 0.6) is 0 Å². The predicted molar refractivity (Wildman–Crippen MR) is 86.2 cm³/mol. The maximum atomic E-state index is 12.1. The summed E-state index contributed by atoms with van der Waals surface area (Å²) in [5.41, 5.74) is 0.296. The molecule has 0 spiro atoms. The quantitative estimate of drug-likeness (QED) is 0.840. The van der Waals surface area contributed by atoms with Crippen LogP contribution >= 0.6 is 23.4 Å². The van der Waals surface area contributed by atoms with Crippen molar-refractivity contribution in [3.8, 4) is 0 Å². The number of amides is 1. The van der Waals surface area contributed by atoms with Crippen LogP contribution in [0.3, 0.4) is 0 Å². The Labute approximate surface area is 130 Å². The molecule has 0 heterocycles. The van der Waals surface area contributed by atoms with Crippen LogP contribution in [0.25, 0.3) is 0 Å². The lowest BCUT2D eigenvalue weighted by Gasteiger charge is -2.28. The average Bonchev–Trinajstić information content (AvgIpc) is 2.37. The van der Waals surface area contributed by atoms with Crippen molar-refractivity contribution in [1.29, 1.82) is 0 Å². The van der Waals surface area contributed by atoms with E-state index in [9.17, 15) is 9.90 Å². The summed E-state index contributed by atoms with van der Waals surface area (Å²) in [6, 6.07) is 7.64. The summed E-state index contributed by atoms with van der Waals surface area (Å²) in [5, 5.41) is 10.5. The monoisotopic (exact) mass is 315 g/mol. The van der Waals surface area contributed by atoms with Gasteiger partial charge in [-0.25, -0.2) is 0 Å². The smallest absolute Gasteiger partial charge is 0.232 e. The number of likely N-dealkylation sites (N-methyl/N-ethyl adjacent to an activating group) is 1. The third-order valence-corrected chi connectivity index (χ3v) is 3.96. The number of benzene rings is 1. The maximum absolute atomic E-state index is 12.1. The topological polar surface area (TPSA) is 40.5 Å². The van der Waals surface area contributed by atoms with Crippen molar-refractivity contribution < 1.29 is 9.90 Å². The lowest BCUT2D eigenvalue weighted by atomic mass is 10.1. The van der Waals surface area contributed by atoms with E-state index in [1.54, 1.807) is 30.5 Å². The first-order valence-electron chi connectivity index (χ1n) is 6.64. The number of rotatable bonds is 7. The van der Waals surface area contributed by atoms with Crippen LogP contribution < -0.4 is 0 Å². The Kier molecular flexibility index (Phi) is 6.86. The molecule has 0 aliphatic rings. The highest BCUT2D eigenvalue weighted by Gasteiger charge is 2.20. The van der Waals surface area contributed by atoms with Crippen molar-refractivity contribution >= 4 is 29.3 Å². The second-order valence-electron chi connectivity index (χ2n) is 5.34. The number of halogens is 1. The van der Waals surface area contributed by atoms with Crippen molar-refractivity contribution in [2.24, 2.45) is 0 Å². The van der Waals surface area contributed by atoms with E-state index in [2.05, 4.69) is 0 Å². The van der Waals surface area contributed by atoms with Gasteiger partial charge < -0.3 is 10.0 Å². The van der Waals surface area contributed by atoms with Crippen molar-refractivity contribution in [2.75, 3.05) is 18.8 Å². The molecule has 20 heavy (non-hydrogen) atoms. The molecule has 112 valence electrons. The van der Waals surface area contributed by atoms with Crippen LogP contribution in [0, 0.1) is 0 Å². The van der Waals surface area contributed by atoms with Crippen LogP contribution in [-0.4, -0.2) is 40.4 Å². The molecule has 0 bridgehead atoms. The Hall–Kier alpha value is -0.710. The van der Waals surface area contributed by atoms with Gasteiger partial charge in [0.2, 0.25) is 5.91 Å². The highest BCUT2D eigenvalue weighted by molar-refractivity contribution is 7.99. The van der Waals surface area contributed by atoms with E-state index < -0.39 is 5.60 Å². The fourth-order valence-corrected chi connectivity index (χ4v) is 2.78. The Bertz CT molecular complexity index is 428. The van der Waals surface area contributed by atoms with Crippen LogP contribution in [-0.2, 0) is 10.5 Å². The molecule has 5 heteroatoms. The fraction of sp³-hybridized carbons (Fsp3) is 0.533. The van der Waals surface area contributed by atoms with Crippen molar-refractivity contribution in [3.05, 3.63) is 34.9 Å². The lowest BCUT2D eigenvalue weighted by molar-refractivity contribution is -0.131. The van der Waals surface area contributed by atoms with Gasteiger partial charge in [-0.05, 0) is 38.5 Å². The van der Waals surface area contributed by atoms with Gasteiger partial charge in [-0.3, -0.25) is 4.79 Å². The molecule has 0 radical (unpaired) electrons. The molecule has 1 rings (SSSR count). The van der Waals surface area contributed by atoms with E-state index in [0.717, 1.165) is 16.3 Å². The largest absolute Gasteiger partial charge is 0.389 e. The Balaban J connectivity index is 2.40. The molecular weight excluding hydrogens is 294 g/mol. The Morgan fingerprint density at radius 1 is 1.35 bits per heavy atom. The minimum absolute atomic E-state index is 0.0635. The van der Waals surface area contributed by atoms with Gasteiger partial charge in [0.1, 0.15) is 0 Å². The molecule has 1 amide bonds. The summed E-state index contributed by atoms with van der Waals surface area (Å²) in [4.78, 5) is 13.8. The third kappa shape index (κ3) is 6.64. The second-order valence-corrected chi connectivity index (χ2v) is 6.76. The normalized spacial score (nSPS) is 11.4. The zero-order valence-corrected chi connectivity index (χ0v) is 13.8. The van der Waals surface area contributed by atoms with Gasteiger partial charge in [0.15, 0.2) is 0 Å². The molecule has 0 aliphatic heterocycles. The molecule has 0 atom stereocenters. The number of carbonyl (C=O) groups excluding carboxylic acids is 1. The zero-order chi connectivity index (χ0) is 15.2. The molecule has 0 saturated heterocycles. The van der Waals surface area contributed by atoms with Gasteiger partial charge in [-0.2, -0.15) is 0 Å². The number of hydrogen-bond donors (Lipinski definition) is 1. The highest BCUT2D eigenvalue weighted by Crippen LogP contribution is 2.16. The van der Waals surface area contributed by atoms with E-state index in [-0.39, 0.29) is 5.91 Å². The van der Waals surface area contributed by atoms with Crippen LogP contribution in [0.2, 0.25) is 5.02 Å². The summed E-state index contributed by atoms with van der Waals surface area (Å²) < 4.78 is 0. The molecule has 0 aromatic heterocycles. The van der Waals surface area contributed by atoms with E-state index in [1.807, 2.05) is 31.2 Å². The average molecular weight is 316 g/mol. The highest BCUT2D eigenvalue weighted by atomic mass is 35.5. The Morgan fingerprint density at radius 3 is 2.45 bits per heavy atom. The summed E-state index contributed by atoms with van der Waals surface area (Å²) in [5.74, 6) is 1.27. The summed E-state index contributed by atoms with van der Waals surface area (Å²) in [6.07, 6.45) is 0. The number of carbonyl (C=O) groups is 1. The first kappa shape index (κ1) is 17.3. The Morgan fingerprint density at radius 2 is 1.95 bits per heavy atom. The van der Waals surface area contributed by atoms with Crippen molar-refractivity contribution in [3.63, 3.8) is 0 Å². The lowest BCUT2D eigenvalue weighted by Crippen LogP contribution is -2.42. The van der Waals surface area contributed by atoms with E-state index in [1.165, 1.54) is 0 Å². The molecule has 0 fully saturated rings. The number of thioether (sulfide) groups is 1. The van der Waals surface area contributed by atoms with E-state index >= 15 is 0 Å². The first-order valence-corrected chi connectivity index (χ1v) is 8.17. The van der Waals surface area contributed by atoms with Gasteiger partial charge in [0, 0.05) is 23.9 Å². The SMILES string of the molecule is CCN(CC(C)(C)O)C(=O)CSCc1ccc(Cl)cc1. The van der Waals surface area contributed by atoms with Gasteiger partial charge >= 0.3 is 0 Å². The van der Waals surface area contributed by atoms with Crippen molar-refractivity contribution in [2.45, 2.75) is 32.1 Å². The molecule has 1 aromatic carbocycles. The fourth-order valence-electron chi connectivity index (χ4n) is 1.77. The molecule has 0 unspecified atom stereocenters. The zero-order valence-electron chi connectivity index (χ0n) is 12.2. The molecule has 3 nitrogen and oxygen atoms in total. The van der Waals surface area contributed by atoms with Gasteiger partial charge in [-0.1, -0.05) is 23.7 Å². The third-order valence-electron chi connectivity index (χ3n) is 2.72. The molecule has 1 N–H and O–H groups in total. The molecule has 0 aliphatic carbocycles. The van der Waals surface area contributed by atoms with E-state index in [4.69, 9.17) is 11.6 Å². The molecule has 1 aromatic rings. The predicted octanol–water partition coefficient (Wildman–Crippen LogP) is 3.19. The summed E-state index contributed by atoms with van der Waals surface area (Å²) >= 11 is 7.40. The van der Waals surface area contributed by atoms with Gasteiger partial charge in [0.05, 0.1) is 11.4 Å². The molecular formula is C15H22ClNO2S. The first-order chi connectivity index (χ1) is 9.31. The van der Waals surface area contributed by atoms with E-state index in [0.29, 0.717) is 18.8 Å². The minimum atomic E-state index is -0.855. The van der Waals surface area contributed by atoms with Crippen LogP contribution in [0.4, 0.5) is 0 Å². The van der Waals surface area contributed by atoms with Crippen LogP contribution in [0.1, 0.15) is 26.3 Å². The van der Waals surface area contributed by atoms with Crippen molar-refractivity contribution in [1.82, 2.24) is 4.90 Å². The maximum Gasteiger partial charge on any atom is 0.232 e. The van der Waals surface area contributed by atoms with Gasteiger partial charge in [-0.15, -0.1) is 11.8 Å². The minimum Gasteiger partial charge on any atom is -0.389 e.